The number of pyridine rings is 1. The van der Waals surface area contributed by atoms with Crippen molar-refractivity contribution < 1.29 is 4.79 Å². The maximum Gasteiger partial charge on any atom is 0.260 e. The maximum atomic E-state index is 13.0. The average Bonchev–Trinajstić information content (AvgIpc) is 3.14. The zero-order valence-corrected chi connectivity index (χ0v) is 15.7. The van der Waals surface area contributed by atoms with Gasteiger partial charge in [0.15, 0.2) is 0 Å². The van der Waals surface area contributed by atoms with Crippen LogP contribution < -0.4 is 10.9 Å². The number of hydrogen-bond donors (Lipinski definition) is 1. The summed E-state index contributed by atoms with van der Waals surface area (Å²) in [4.78, 5) is 25.6. The summed E-state index contributed by atoms with van der Waals surface area (Å²) in [6.07, 6.45) is 5.26. The molecular weight excluding hydrogens is 350 g/mol. The molecule has 2 heterocycles. The molecule has 1 aliphatic carbocycles. The predicted octanol–water partition coefficient (Wildman–Crippen LogP) is 3.26. The summed E-state index contributed by atoms with van der Waals surface area (Å²) in [7, 11) is 3.57. The fraction of sp³-hybridized carbons (Fsp3) is 0.300. The summed E-state index contributed by atoms with van der Waals surface area (Å²) in [6, 6.07) is 5.72. The van der Waals surface area contributed by atoms with E-state index in [9.17, 15) is 9.59 Å². The lowest BCUT2D eigenvalue weighted by Crippen LogP contribution is -2.28. The van der Waals surface area contributed by atoms with Crippen molar-refractivity contribution in [2.45, 2.75) is 25.8 Å². The van der Waals surface area contributed by atoms with Gasteiger partial charge in [-0.1, -0.05) is 17.7 Å². The van der Waals surface area contributed by atoms with E-state index in [4.69, 9.17) is 11.6 Å². The van der Waals surface area contributed by atoms with Crippen LogP contribution in [-0.2, 0) is 20.5 Å². The number of nitrogens with one attached hydrogen (secondary N) is 1. The second-order valence-corrected chi connectivity index (χ2v) is 7.45. The first kappa shape index (κ1) is 16.9. The van der Waals surface area contributed by atoms with Crippen LogP contribution in [0, 0.1) is 6.92 Å². The van der Waals surface area contributed by atoms with Gasteiger partial charge in [-0.2, -0.15) is 0 Å². The smallest absolute Gasteiger partial charge is 0.260 e. The van der Waals surface area contributed by atoms with Crippen LogP contribution in [0.2, 0.25) is 5.02 Å². The lowest BCUT2D eigenvalue weighted by Gasteiger charge is -2.14. The summed E-state index contributed by atoms with van der Waals surface area (Å²) < 4.78 is 3.38. The summed E-state index contributed by atoms with van der Waals surface area (Å²) in [5.74, 6) is -0.217. The number of nitrogens with zero attached hydrogens (tertiary/aromatic N) is 2. The number of fused-ring (bicyclic) bond motifs is 2. The van der Waals surface area contributed by atoms with Crippen LogP contribution >= 0.6 is 11.6 Å². The van der Waals surface area contributed by atoms with Gasteiger partial charge in [-0.3, -0.25) is 9.59 Å². The molecule has 0 saturated heterocycles. The second-order valence-electron chi connectivity index (χ2n) is 7.01. The van der Waals surface area contributed by atoms with Gasteiger partial charge in [0.2, 0.25) is 0 Å². The molecule has 1 amide bonds. The molecule has 0 spiro atoms. The summed E-state index contributed by atoms with van der Waals surface area (Å²) >= 11 is 6.06. The molecule has 3 aromatic rings. The van der Waals surface area contributed by atoms with Crippen LogP contribution in [0.25, 0.3) is 10.9 Å². The molecule has 2 aromatic heterocycles. The van der Waals surface area contributed by atoms with Gasteiger partial charge in [-0.25, -0.2) is 0 Å². The molecule has 134 valence electrons. The Morgan fingerprint density at radius 1 is 1.23 bits per heavy atom. The lowest BCUT2D eigenvalue weighted by molar-refractivity contribution is 0.0938. The highest BCUT2D eigenvalue weighted by molar-refractivity contribution is 6.30. The van der Waals surface area contributed by atoms with E-state index in [0.29, 0.717) is 16.0 Å². The molecule has 1 unspecified atom stereocenters. The Balaban J connectivity index is 1.74. The quantitative estimate of drug-likeness (QED) is 0.753. The van der Waals surface area contributed by atoms with Crippen LogP contribution in [0.3, 0.4) is 0 Å². The lowest BCUT2D eigenvalue weighted by atomic mass is 10.1. The highest BCUT2D eigenvalue weighted by Gasteiger charge is 2.26. The highest BCUT2D eigenvalue weighted by Crippen LogP contribution is 2.33. The first-order chi connectivity index (χ1) is 12.4. The maximum absolute atomic E-state index is 13.0. The molecule has 1 N–H and O–H groups in total. The van der Waals surface area contributed by atoms with Gasteiger partial charge in [0, 0.05) is 31.5 Å². The van der Waals surface area contributed by atoms with Gasteiger partial charge >= 0.3 is 0 Å². The third-order valence-electron chi connectivity index (χ3n) is 5.21. The standard InChI is InChI=1S/C20H20ClN3O2/c1-11-9-24(3)20(26)17-15(10-23(2)18(11)17)19(25)22-16-7-4-12-8-13(21)5-6-14(12)16/h5-6,8-10,16H,4,7H2,1-3H3,(H,22,25). The van der Waals surface area contributed by atoms with Crippen molar-refractivity contribution >= 4 is 28.4 Å². The van der Waals surface area contributed by atoms with Gasteiger partial charge in [-0.05, 0) is 48.6 Å². The number of benzene rings is 1. The van der Waals surface area contributed by atoms with Crippen molar-refractivity contribution in [1.82, 2.24) is 14.5 Å². The predicted molar refractivity (Wildman–Crippen MR) is 103 cm³/mol. The zero-order chi connectivity index (χ0) is 18.6. The first-order valence-corrected chi connectivity index (χ1v) is 8.99. The molecule has 0 fully saturated rings. The van der Waals surface area contributed by atoms with Crippen molar-refractivity contribution in [2.24, 2.45) is 14.1 Å². The van der Waals surface area contributed by atoms with Crippen LogP contribution in [0.4, 0.5) is 0 Å². The number of carbonyl (C=O) groups is 1. The minimum Gasteiger partial charge on any atom is -0.349 e. The Morgan fingerprint density at radius 3 is 2.77 bits per heavy atom. The van der Waals surface area contributed by atoms with Gasteiger partial charge in [0.05, 0.1) is 22.5 Å². The highest BCUT2D eigenvalue weighted by atomic mass is 35.5. The molecule has 0 aliphatic heterocycles. The number of hydrogen-bond acceptors (Lipinski definition) is 2. The van der Waals surface area contributed by atoms with Crippen molar-refractivity contribution in [3.63, 3.8) is 0 Å². The van der Waals surface area contributed by atoms with E-state index in [1.54, 1.807) is 19.4 Å². The van der Waals surface area contributed by atoms with Crippen LogP contribution in [0.15, 0.2) is 35.4 Å². The van der Waals surface area contributed by atoms with E-state index in [1.807, 2.05) is 36.7 Å². The van der Waals surface area contributed by atoms with E-state index in [2.05, 4.69) is 5.32 Å². The minimum atomic E-state index is -0.217. The zero-order valence-electron chi connectivity index (χ0n) is 15.0. The number of aryl methyl sites for hydroxylation is 4. The van der Waals surface area contributed by atoms with Crippen LogP contribution in [0.1, 0.15) is 39.5 Å². The van der Waals surface area contributed by atoms with Gasteiger partial charge < -0.3 is 14.5 Å². The average molecular weight is 370 g/mol. The monoisotopic (exact) mass is 369 g/mol. The van der Waals surface area contributed by atoms with Crippen molar-refractivity contribution in [3.05, 3.63) is 68.2 Å². The summed E-state index contributed by atoms with van der Waals surface area (Å²) in [5, 5.41) is 4.28. The Morgan fingerprint density at radius 2 is 2.00 bits per heavy atom. The molecule has 26 heavy (non-hydrogen) atoms. The molecule has 1 aliphatic rings. The number of halogens is 1. The normalized spacial score (nSPS) is 16.1. The Kier molecular flexibility index (Phi) is 3.92. The fourth-order valence-corrected chi connectivity index (χ4v) is 4.24. The Hall–Kier alpha value is -2.53. The molecular formula is C20H20ClN3O2. The third kappa shape index (κ3) is 2.54. The van der Waals surface area contributed by atoms with Gasteiger partial charge in [0.1, 0.15) is 0 Å². The third-order valence-corrected chi connectivity index (χ3v) is 5.44. The number of rotatable bonds is 2. The molecule has 1 atom stereocenters. The van der Waals surface area contributed by atoms with Gasteiger partial charge in [0.25, 0.3) is 11.5 Å². The van der Waals surface area contributed by atoms with Crippen LogP contribution in [0.5, 0.6) is 0 Å². The molecule has 4 rings (SSSR count). The topological polar surface area (TPSA) is 56.0 Å². The Bertz CT molecular complexity index is 1110. The molecule has 5 nitrogen and oxygen atoms in total. The Labute approximate surface area is 156 Å². The van der Waals surface area contributed by atoms with Gasteiger partial charge in [-0.15, -0.1) is 0 Å². The number of carbonyl (C=O) groups excluding carboxylic acids is 1. The largest absolute Gasteiger partial charge is 0.349 e. The minimum absolute atomic E-state index is 0.0568. The molecule has 1 aromatic carbocycles. The van der Waals surface area contributed by atoms with Crippen molar-refractivity contribution in [2.75, 3.05) is 0 Å². The first-order valence-electron chi connectivity index (χ1n) is 8.61. The van der Waals surface area contributed by atoms with E-state index in [-0.39, 0.29) is 17.5 Å². The number of amides is 1. The van der Waals surface area contributed by atoms with Crippen molar-refractivity contribution in [1.29, 1.82) is 0 Å². The van der Waals surface area contributed by atoms with Crippen LogP contribution in [-0.4, -0.2) is 15.0 Å². The summed E-state index contributed by atoms with van der Waals surface area (Å²) in [5.41, 5.74) is 4.31. The second kappa shape index (κ2) is 6.02. The van der Waals surface area contributed by atoms with E-state index in [0.717, 1.165) is 29.5 Å². The molecule has 0 bridgehead atoms. The van der Waals surface area contributed by atoms with E-state index in [1.165, 1.54) is 10.1 Å². The SMILES string of the molecule is Cc1cn(C)c(=O)c2c(C(=O)NC3CCc4cc(Cl)ccc43)cn(C)c12. The van der Waals surface area contributed by atoms with Crippen molar-refractivity contribution in [3.8, 4) is 0 Å². The molecule has 0 saturated carbocycles. The molecule has 0 radical (unpaired) electrons. The van der Waals surface area contributed by atoms with E-state index < -0.39 is 0 Å². The summed E-state index contributed by atoms with van der Waals surface area (Å²) in [6.45, 7) is 1.94. The van der Waals surface area contributed by atoms with E-state index >= 15 is 0 Å². The fourth-order valence-electron chi connectivity index (χ4n) is 4.05. The number of aromatic nitrogens is 2. The molecule has 6 heteroatoms.